The molecule has 7 nitrogen and oxygen atoms in total. The van der Waals surface area contributed by atoms with Crippen molar-refractivity contribution in [3.05, 3.63) is 35.5 Å². The molecule has 2 heterocycles. The Morgan fingerprint density at radius 2 is 1.73 bits per heavy atom. The molecule has 2 N–H and O–H groups in total. The molecule has 4 saturated carbocycles. The predicted molar refractivity (Wildman–Crippen MR) is 131 cm³/mol. The number of aromatic nitrogens is 2. The minimum atomic E-state index is -4.52. The van der Waals surface area contributed by atoms with Crippen LogP contribution in [0, 0.1) is 29.6 Å². The molecule has 1 amide bonds. The summed E-state index contributed by atoms with van der Waals surface area (Å²) in [5.74, 6) is 4.08. The third kappa shape index (κ3) is 4.32. The Balaban J connectivity index is 1.23. The third-order valence-corrected chi connectivity index (χ3v) is 9.21. The average molecular weight is 519 g/mol. The van der Waals surface area contributed by atoms with Gasteiger partial charge >= 0.3 is 6.18 Å². The molecule has 2 aromatic rings. The second-order valence-corrected chi connectivity index (χ2v) is 11.3. The van der Waals surface area contributed by atoms with Crippen molar-refractivity contribution in [1.82, 2.24) is 15.1 Å². The van der Waals surface area contributed by atoms with Gasteiger partial charge < -0.3 is 20.1 Å². The van der Waals surface area contributed by atoms with E-state index in [9.17, 15) is 18.0 Å². The first-order chi connectivity index (χ1) is 17.7. The van der Waals surface area contributed by atoms with Crippen LogP contribution in [-0.2, 0) is 0 Å². The lowest BCUT2D eigenvalue weighted by molar-refractivity contribution is -0.173. The summed E-state index contributed by atoms with van der Waals surface area (Å²) in [5.41, 5.74) is 0.752. The standard InChI is InChI=1S/C27H33F3N4O3/c1-36-22-4-3-16(10-23(22)37-2)21-11-24(27(28,29)30)34-25(33-21)20(13-32-34)26(35)31-12-19-17-6-14-5-15(8-17)9-18(19)7-14/h3-4,10,13-15,17-19,21,24,33H,5-9,11-12H2,1-2H3,(H,31,35)/t14?,15?,17?,18?,19?,21-,24-/m1/s1. The SMILES string of the molecule is COc1ccc([C@H]2C[C@H](C(F)(F)F)n3ncc(C(=O)NCC4C5CC6CC(C5)CC4C6)c3N2)cc1OC. The van der Waals surface area contributed by atoms with Crippen molar-refractivity contribution in [3.8, 4) is 11.5 Å². The normalized spacial score (nSPS) is 32.0. The summed E-state index contributed by atoms with van der Waals surface area (Å²) in [6, 6.07) is 2.51. The van der Waals surface area contributed by atoms with E-state index in [4.69, 9.17) is 9.47 Å². The van der Waals surface area contributed by atoms with Gasteiger partial charge in [-0.1, -0.05) is 6.07 Å². The number of methoxy groups -OCH3 is 2. The lowest BCUT2D eigenvalue weighted by atomic mass is 9.52. The van der Waals surface area contributed by atoms with E-state index < -0.39 is 18.3 Å². The first kappa shape index (κ1) is 24.4. The highest BCUT2D eigenvalue weighted by atomic mass is 19.4. The van der Waals surface area contributed by atoms with Gasteiger partial charge in [0.25, 0.3) is 5.91 Å². The summed E-state index contributed by atoms with van der Waals surface area (Å²) >= 11 is 0. The number of amides is 1. The minimum Gasteiger partial charge on any atom is -0.493 e. The van der Waals surface area contributed by atoms with Crippen molar-refractivity contribution in [2.75, 3.05) is 26.1 Å². The molecule has 10 heteroatoms. The van der Waals surface area contributed by atoms with E-state index in [1.807, 2.05) is 0 Å². The third-order valence-electron chi connectivity index (χ3n) is 9.21. The van der Waals surface area contributed by atoms with Gasteiger partial charge in [0.05, 0.1) is 26.5 Å². The van der Waals surface area contributed by atoms with Gasteiger partial charge in [-0.15, -0.1) is 0 Å². The monoisotopic (exact) mass is 518 g/mol. The number of anilines is 1. The van der Waals surface area contributed by atoms with Gasteiger partial charge in [-0.2, -0.15) is 18.3 Å². The van der Waals surface area contributed by atoms with Crippen LogP contribution in [0.25, 0.3) is 0 Å². The van der Waals surface area contributed by atoms with Crippen molar-refractivity contribution >= 4 is 11.7 Å². The highest BCUT2D eigenvalue weighted by molar-refractivity contribution is 5.98. The van der Waals surface area contributed by atoms with Crippen molar-refractivity contribution in [2.24, 2.45) is 29.6 Å². The van der Waals surface area contributed by atoms with Crippen LogP contribution in [0.2, 0.25) is 0 Å². The largest absolute Gasteiger partial charge is 0.493 e. The topological polar surface area (TPSA) is 77.4 Å². The van der Waals surface area contributed by atoms with E-state index >= 15 is 0 Å². The average Bonchev–Trinajstić information content (AvgIpc) is 3.30. The van der Waals surface area contributed by atoms with Crippen LogP contribution in [-0.4, -0.2) is 42.6 Å². The van der Waals surface area contributed by atoms with Crippen LogP contribution in [0.15, 0.2) is 24.4 Å². The summed E-state index contributed by atoms with van der Waals surface area (Å²) < 4.78 is 53.9. The van der Waals surface area contributed by atoms with Crippen LogP contribution in [0.5, 0.6) is 11.5 Å². The number of carbonyl (C=O) groups is 1. The number of hydrogen-bond acceptors (Lipinski definition) is 5. The summed E-state index contributed by atoms with van der Waals surface area (Å²) in [4.78, 5) is 13.3. The quantitative estimate of drug-likeness (QED) is 0.538. The number of ether oxygens (including phenoxy) is 2. The molecule has 2 atom stereocenters. The second-order valence-electron chi connectivity index (χ2n) is 11.3. The zero-order chi connectivity index (χ0) is 25.9. The molecule has 1 aliphatic heterocycles. The van der Waals surface area contributed by atoms with Crippen molar-refractivity contribution in [1.29, 1.82) is 0 Å². The Kier molecular flexibility index (Phi) is 6.03. The van der Waals surface area contributed by atoms with E-state index in [-0.39, 0.29) is 23.7 Å². The summed E-state index contributed by atoms with van der Waals surface area (Å²) in [5, 5.41) is 10.2. The van der Waals surface area contributed by atoms with E-state index in [1.165, 1.54) is 52.5 Å². The highest BCUT2D eigenvalue weighted by Gasteiger charge is 2.49. The molecule has 4 aliphatic carbocycles. The lowest BCUT2D eigenvalue weighted by Gasteiger charge is -2.54. The van der Waals surface area contributed by atoms with E-state index in [0.29, 0.717) is 41.4 Å². The Bertz CT molecular complexity index is 1150. The molecule has 37 heavy (non-hydrogen) atoms. The molecule has 0 unspecified atom stereocenters. The van der Waals surface area contributed by atoms with Gasteiger partial charge in [-0.25, -0.2) is 4.68 Å². The van der Waals surface area contributed by atoms with Crippen molar-refractivity contribution < 1.29 is 27.4 Å². The van der Waals surface area contributed by atoms with Gasteiger partial charge in [0.15, 0.2) is 17.5 Å². The second kappa shape index (κ2) is 9.13. The number of fused-ring (bicyclic) bond motifs is 1. The fourth-order valence-corrected chi connectivity index (χ4v) is 7.69. The molecule has 7 rings (SSSR count). The number of nitrogens with zero attached hydrogens (tertiary/aromatic N) is 2. The molecule has 0 spiro atoms. The fourth-order valence-electron chi connectivity index (χ4n) is 7.69. The van der Waals surface area contributed by atoms with Gasteiger partial charge in [0, 0.05) is 13.0 Å². The van der Waals surface area contributed by atoms with Crippen LogP contribution >= 0.6 is 0 Å². The zero-order valence-corrected chi connectivity index (χ0v) is 21.1. The molecule has 4 fully saturated rings. The minimum absolute atomic E-state index is 0.0935. The molecular formula is C27H33F3N4O3. The Morgan fingerprint density at radius 1 is 1.05 bits per heavy atom. The van der Waals surface area contributed by atoms with Gasteiger partial charge in [0.2, 0.25) is 0 Å². The van der Waals surface area contributed by atoms with E-state index in [0.717, 1.165) is 16.5 Å². The molecule has 5 aliphatic rings. The molecule has 4 bridgehead atoms. The van der Waals surface area contributed by atoms with E-state index in [2.05, 4.69) is 15.7 Å². The molecule has 0 saturated heterocycles. The van der Waals surface area contributed by atoms with Crippen LogP contribution < -0.4 is 20.1 Å². The van der Waals surface area contributed by atoms with Crippen LogP contribution in [0.1, 0.15) is 66.5 Å². The van der Waals surface area contributed by atoms with Crippen LogP contribution in [0.3, 0.4) is 0 Å². The van der Waals surface area contributed by atoms with Gasteiger partial charge in [0.1, 0.15) is 11.4 Å². The first-order valence-electron chi connectivity index (χ1n) is 13.2. The number of halogens is 3. The van der Waals surface area contributed by atoms with Crippen molar-refractivity contribution in [3.63, 3.8) is 0 Å². The molecule has 0 radical (unpaired) electrons. The number of alkyl halides is 3. The number of hydrogen-bond donors (Lipinski definition) is 2. The van der Waals surface area contributed by atoms with Gasteiger partial charge in [-0.05, 0) is 79.4 Å². The first-order valence-corrected chi connectivity index (χ1v) is 13.2. The highest BCUT2D eigenvalue weighted by Crippen LogP contribution is 2.56. The fraction of sp³-hybridized carbons (Fsp3) is 0.630. The maximum Gasteiger partial charge on any atom is 0.410 e. The van der Waals surface area contributed by atoms with Gasteiger partial charge in [-0.3, -0.25) is 4.79 Å². The number of benzene rings is 1. The maximum atomic E-state index is 14.1. The summed E-state index contributed by atoms with van der Waals surface area (Å²) in [6.07, 6.45) is 2.83. The van der Waals surface area contributed by atoms with Crippen molar-refractivity contribution in [2.45, 2.75) is 56.8 Å². The maximum absolute atomic E-state index is 14.1. The number of rotatable bonds is 6. The molecular weight excluding hydrogens is 485 g/mol. The summed E-state index contributed by atoms with van der Waals surface area (Å²) in [6.45, 7) is 0.569. The lowest BCUT2D eigenvalue weighted by Crippen LogP contribution is -2.49. The Labute approximate surface area is 214 Å². The van der Waals surface area contributed by atoms with Crippen LogP contribution in [0.4, 0.5) is 19.0 Å². The smallest absolute Gasteiger partial charge is 0.410 e. The predicted octanol–water partition coefficient (Wildman–Crippen LogP) is 5.36. The molecule has 1 aromatic carbocycles. The zero-order valence-electron chi connectivity index (χ0n) is 21.1. The molecule has 1 aromatic heterocycles. The van der Waals surface area contributed by atoms with E-state index in [1.54, 1.807) is 18.2 Å². The number of nitrogens with one attached hydrogen (secondary N) is 2. The Morgan fingerprint density at radius 3 is 2.35 bits per heavy atom. The summed E-state index contributed by atoms with van der Waals surface area (Å²) in [7, 11) is 2.98. The Hall–Kier alpha value is -2.91. The number of carbonyl (C=O) groups excluding carboxylic acids is 1. The molecule has 200 valence electrons.